The zero-order chi connectivity index (χ0) is 20.4. The monoisotopic (exact) mass is 419 g/mol. The molecule has 3 rings (SSSR count). The van der Waals surface area contributed by atoms with Gasteiger partial charge in [-0.25, -0.2) is 17.5 Å². The summed E-state index contributed by atoms with van der Waals surface area (Å²) in [6.45, 7) is 0.480. The second-order valence-corrected chi connectivity index (χ2v) is 7.94. The van der Waals surface area contributed by atoms with E-state index >= 15 is 0 Å². The van der Waals surface area contributed by atoms with Crippen molar-refractivity contribution in [2.45, 2.75) is 36.2 Å². The van der Waals surface area contributed by atoms with Crippen LogP contribution in [0.2, 0.25) is 0 Å². The number of nitrogens with one attached hydrogen (secondary N) is 1. The SMILES string of the molecule is O=S(=O)(N[C@H](c1ccc(F)cc1)[C@@H]1CCCO1)c1ccc(OC(F)(F)F)cc1. The van der Waals surface area contributed by atoms with Gasteiger partial charge in [-0.15, -0.1) is 13.2 Å². The number of benzene rings is 2. The molecule has 2 aromatic rings. The maximum absolute atomic E-state index is 13.2. The second-order valence-electron chi connectivity index (χ2n) is 6.22. The molecule has 0 spiro atoms. The highest BCUT2D eigenvalue weighted by molar-refractivity contribution is 7.89. The van der Waals surface area contributed by atoms with Crippen LogP contribution in [-0.2, 0) is 14.8 Å². The summed E-state index contributed by atoms with van der Waals surface area (Å²) in [6.07, 6.45) is -3.93. The Hall–Kier alpha value is -2.17. The Kier molecular flexibility index (Phi) is 5.92. The molecule has 5 nitrogen and oxygen atoms in total. The predicted molar refractivity (Wildman–Crippen MR) is 91.6 cm³/mol. The van der Waals surface area contributed by atoms with Gasteiger partial charge in [-0.1, -0.05) is 12.1 Å². The van der Waals surface area contributed by atoms with Gasteiger partial charge in [0.2, 0.25) is 10.0 Å². The van der Waals surface area contributed by atoms with Gasteiger partial charge in [-0.05, 0) is 54.8 Å². The summed E-state index contributed by atoms with van der Waals surface area (Å²) in [7, 11) is -4.08. The number of rotatable bonds is 6. The van der Waals surface area contributed by atoms with Gasteiger partial charge in [0.05, 0.1) is 17.0 Å². The van der Waals surface area contributed by atoms with E-state index < -0.39 is 40.1 Å². The van der Waals surface area contributed by atoms with Gasteiger partial charge in [0.25, 0.3) is 0 Å². The molecule has 0 saturated carbocycles. The summed E-state index contributed by atoms with van der Waals surface area (Å²) in [5.41, 5.74) is 0.522. The number of alkyl halides is 3. The quantitative estimate of drug-likeness (QED) is 0.721. The number of hydrogen-bond acceptors (Lipinski definition) is 4. The van der Waals surface area contributed by atoms with Gasteiger partial charge in [0.15, 0.2) is 0 Å². The van der Waals surface area contributed by atoms with E-state index in [-0.39, 0.29) is 4.90 Å². The summed E-state index contributed by atoms with van der Waals surface area (Å²) in [6, 6.07) is 8.46. The fourth-order valence-corrected chi connectivity index (χ4v) is 4.20. The number of ether oxygens (including phenoxy) is 2. The van der Waals surface area contributed by atoms with Crippen LogP contribution in [0, 0.1) is 5.82 Å². The van der Waals surface area contributed by atoms with Gasteiger partial charge >= 0.3 is 6.36 Å². The lowest BCUT2D eigenvalue weighted by Gasteiger charge is -2.24. The van der Waals surface area contributed by atoms with Crippen LogP contribution in [0.4, 0.5) is 17.6 Å². The Labute approximate surface area is 159 Å². The summed E-state index contributed by atoms with van der Waals surface area (Å²) >= 11 is 0. The lowest BCUT2D eigenvalue weighted by molar-refractivity contribution is -0.274. The Morgan fingerprint density at radius 1 is 1.07 bits per heavy atom. The van der Waals surface area contributed by atoms with Gasteiger partial charge in [0.1, 0.15) is 11.6 Å². The van der Waals surface area contributed by atoms with Crippen molar-refractivity contribution < 1.29 is 35.5 Å². The van der Waals surface area contributed by atoms with Crippen LogP contribution in [-0.4, -0.2) is 27.5 Å². The van der Waals surface area contributed by atoms with Crippen molar-refractivity contribution in [2.75, 3.05) is 6.61 Å². The average Bonchev–Trinajstić information content (AvgIpc) is 3.14. The normalized spacial score (nSPS) is 18.8. The van der Waals surface area contributed by atoms with Crippen molar-refractivity contribution in [2.24, 2.45) is 0 Å². The summed E-state index contributed by atoms with van der Waals surface area (Å²) in [5, 5.41) is 0. The third-order valence-electron chi connectivity index (χ3n) is 4.22. The molecular weight excluding hydrogens is 402 g/mol. The zero-order valence-corrected chi connectivity index (χ0v) is 15.3. The molecule has 0 aromatic heterocycles. The third-order valence-corrected chi connectivity index (χ3v) is 5.67. The Morgan fingerprint density at radius 2 is 1.71 bits per heavy atom. The lowest BCUT2D eigenvalue weighted by Crippen LogP contribution is -2.36. The Balaban J connectivity index is 1.83. The largest absolute Gasteiger partial charge is 0.573 e. The van der Waals surface area contributed by atoms with Crippen LogP contribution < -0.4 is 9.46 Å². The molecule has 1 aliphatic rings. The second kappa shape index (κ2) is 8.06. The number of hydrogen-bond donors (Lipinski definition) is 1. The van der Waals surface area contributed by atoms with Crippen molar-refractivity contribution in [1.82, 2.24) is 4.72 Å². The molecule has 28 heavy (non-hydrogen) atoms. The van der Waals surface area contributed by atoms with Gasteiger partial charge in [-0.3, -0.25) is 0 Å². The number of sulfonamides is 1. The molecule has 0 bridgehead atoms. The average molecular weight is 419 g/mol. The molecule has 1 saturated heterocycles. The minimum atomic E-state index is -4.87. The van der Waals surface area contributed by atoms with Gasteiger partial charge in [-0.2, -0.15) is 0 Å². The highest BCUT2D eigenvalue weighted by Crippen LogP contribution is 2.30. The van der Waals surface area contributed by atoms with E-state index in [4.69, 9.17) is 4.74 Å². The van der Waals surface area contributed by atoms with Crippen molar-refractivity contribution >= 4 is 10.0 Å². The molecule has 10 heteroatoms. The van der Waals surface area contributed by atoms with E-state index in [0.29, 0.717) is 18.6 Å². The Bertz CT molecular complexity index is 893. The summed E-state index contributed by atoms with van der Waals surface area (Å²) in [4.78, 5) is -0.230. The molecule has 2 aromatic carbocycles. The lowest BCUT2D eigenvalue weighted by atomic mass is 10.0. The first-order valence-electron chi connectivity index (χ1n) is 8.39. The zero-order valence-electron chi connectivity index (χ0n) is 14.4. The molecule has 0 unspecified atom stereocenters. The van der Waals surface area contributed by atoms with E-state index in [2.05, 4.69) is 9.46 Å². The van der Waals surface area contributed by atoms with Crippen LogP contribution in [0.3, 0.4) is 0 Å². The van der Waals surface area contributed by atoms with Crippen LogP contribution in [0.25, 0.3) is 0 Å². The van der Waals surface area contributed by atoms with Crippen molar-refractivity contribution in [3.8, 4) is 5.75 Å². The summed E-state index contributed by atoms with van der Waals surface area (Å²) < 4.78 is 87.3. The minimum Gasteiger partial charge on any atom is -0.406 e. The topological polar surface area (TPSA) is 64.6 Å². The molecule has 0 amide bonds. The van der Waals surface area contributed by atoms with Crippen LogP contribution in [0.5, 0.6) is 5.75 Å². The van der Waals surface area contributed by atoms with Gasteiger partial charge in [0, 0.05) is 6.61 Å². The first-order valence-corrected chi connectivity index (χ1v) is 9.87. The molecule has 152 valence electrons. The fourth-order valence-electron chi connectivity index (χ4n) is 2.95. The van der Waals surface area contributed by atoms with E-state index in [1.54, 1.807) is 0 Å². The molecule has 0 aliphatic carbocycles. The highest BCUT2D eigenvalue weighted by Gasteiger charge is 2.33. The van der Waals surface area contributed by atoms with E-state index in [1.807, 2.05) is 0 Å². The molecular formula is C18H17F4NO4S. The van der Waals surface area contributed by atoms with Crippen molar-refractivity contribution in [3.63, 3.8) is 0 Å². The fraction of sp³-hybridized carbons (Fsp3) is 0.333. The van der Waals surface area contributed by atoms with Gasteiger partial charge < -0.3 is 9.47 Å². The standard InChI is InChI=1S/C18H17F4NO4S/c19-13-5-3-12(4-6-13)17(16-2-1-11-26-16)23-28(24,25)15-9-7-14(8-10-15)27-18(20,21)22/h3-10,16-17,23H,1-2,11H2/t16-,17+/m0/s1. The van der Waals surface area contributed by atoms with Crippen molar-refractivity contribution in [3.05, 3.63) is 59.9 Å². The van der Waals surface area contributed by atoms with E-state index in [1.165, 1.54) is 24.3 Å². The van der Waals surface area contributed by atoms with E-state index in [0.717, 1.165) is 30.7 Å². The molecule has 1 N–H and O–H groups in total. The maximum Gasteiger partial charge on any atom is 0.573 e. The van der Waals surface area contributed by atoms with Crippen molar-refractivity contribution in [1.29, 1.82) is 0 Å². The first kappa shape index (κ1) is 20.6. The van der Waals surface area contributed by atoms with Crippen LogP contribution in [0.1, 0.15) is 24.4 Å². The third kappa shape index (κ3) is 5.21. The minimum absolute atomic E-state index is 0.230. The first-order chi connectivity index (χ1) is 13.1. The van der Waals surface area contributed by atoms with Crippen LogP contribution >= 0.6 is 0 Å². The van der Waals surface area contributed by atoms with E-state index in [9.17, 15) is 26.0 Å². The highest BCUT2D eigenvalue weighted by atomic mass is 32.2. The maximum atomic E-state index is 13.2. The molecule has 0 radical (unpaired) electrons. The number of halogens is 4. The summed E-state index contributed by atoms with van der Waals surface area (Å²) in [5.74, 6) is -0.987. The molecule has 1 aliphatic heterocycles. The smallest absolute Gasteiger partial charge is 0.406 e. The molecule has 2 atom stereocenters. The van der Waals surface area contributed by atoms with Crippen LogP contribution in [0.15, 0.2) is 53.4 Å². The molecule has 1 heterocycles. The predicted octanol–water partition coefficient (Wildman–Crippen LogP) is 3.92. The molecule has 1 fully saturated rings. The Morgan fingerprint density at radius 3 is 2.25 bits per heavy atom.